The molecule has 0 saturated carbocycles. The summed E-state index contributed by atoms with van der Waals surface area (Å²) in [6.45, 7) is 1.40. The summed E-state index contributed by atoms with van der Waals surface area (Å²) in [4.78, 5) is 16.2. The van der Waals surface area contributed by atoms with E-state index in [0.717, 1.165) is 0 Å². The first kappa shape index (κ1) is 17.7. The Morgan fingerprint density at radius 3 is 2.89 bits per heavy atom. The molecule has 3 heterocycles. The summed E-state index contributed by atoms with van der Waals surface area (Å²) in [5.41, 5.74) is 1.96. The summed E-state index contributed by atoms with van der Waals surface area (Å²) in [6, 6.07) is 10.1. The van der Waals surface area contributed by atoms with Crippen LogP contribution in [0, 0.1) is 4.77 Å². The lowest BCUT2D eigenvalue weighted by Crippen LogP contribution is -2.16. The Kier molecular flexibility index (Phi) is 4.69. The number of ether oxygens (including phenoxy) is 1. The third kappa shape index (κ3) is 3.23. The molecule has 2 aromatic heterocycles. The molecule has 0 spiro atoms. The molecule has 0 bridgehead atoms. The number of nitrogens with zero attached hydrogens (tertiary/aromatic N) is 3. The number of amides is 1. The number of carbonyl (C=O) groups is 1. The molecule has 27 heavy (non-hydrogen) atoms. The Morgan fingerprint density at radius 1 is 1.33 bits per heavy atom. The molecule has 4 rings (SSSR count). The molecule has 2 N–H and O–H groups in total. The first-order chi connectivity index (χ1) is 13.1. The number of rotatable bonds is 3. The highest BCUT2D eigenvalue weighted by molar-refractivity contribution is 7.71. The van der Waals surface area contributed by atoms with Crippen molar-refractivity contribution in [2.45, 2.75) is 13.2 Å². The highest BCUT2D eigenvalue weighted by Crippen LogP contribution is 2.32. The van der Waals surface area contributed by atoms with Gasteiger partial charge in [-0.05, 0) is 42.5 Å². The summed E-state index contributed by atoms with van der Waals surface area (Å²) < 4.78 is 9.17. The van der Waals surface area contributed by atoms with E-state index in [2.05, 4.69) is 10.3 Å². The van der Waals surface area contributed by atoms with Gasteiger partial charge in [-0.25, -0.2) is 0 Å². The van der Waals surface area contributed by atoms with Gasteiger partial charge >= 0.3 is 0 Å². The van der Waals surface area contributed by atoms with Crippen LogP contribution in [0.25, 0.3) is 5.69 Å². The summed E-state index contributed by atoms with van der Waals surface area (Å²) in [7, 11) is 0. The Bertz CT molecular complexity index is 1080. The van der Waals surface area contributed by atoms with Crippen LogP contribution in [0.4, 0.5) is 5.69 Å². The maximum absolute atomic E-state index is 12.2. The quantitative estimate of drug-likeness (QED) is 0.655. The largest absolute Gasteiger partial charge is 0.493 e. The number of carbonyl (C=O) groups excluding carboxylic acids is 1. The van der Waals surface area contributed by atoms with Crippen molar-refractivity contribution in [1.29, 1.82) is 0 Å². The van der Waals surface area contributed by atoms with E-state index < -0.39 is 0 Å². The molecule has 1 amide bonds. The SMILES string of the molecule is O=C(Nc1ccc(-n2c(O)c3n(c2=S)CCOC3)c(Cl)c1)c1ccccn1. The van der Waals surface area contributed by atoms with E-state index in [4.69, 9.17) is 28.6 Å². The maximum Gasteiger partial charge on any atom is 0.274 e. The van der Waals surface area contributed by atoms with E-state index >= 15 is 0 Å². The Morgan fingerprint density at radius 2 is 2.19 bits per heavy atom. The first-order valence-electron chi connectivity index (χ1n) is 8.19. The fourth-order valence-corrected chi connectivity index (χ4v) is 3.60. The highest BCUT2D eigenvalue weighted by Gasteiger charge is 2.22. The zero-order valence-electron chi connectivity index (χ0n) is 14.1. The summed E-state index contributed by atoms with van der Waals surface area (Å²) in [5, 5.41) is 13.6. The monoisotopic (exact) mass is 402 g/mol. The normalized spacial score (nSPS) is 13.2. The van der Waals surface area contributed by atoms with E-state index in [1.165, 1.54) is 4.57 Å². The second-order valence-corrected chi connectivity index (χ2v) is 6.70. The molecule has 1 aliphatic heterocycles. The fraction of sp³-hybridized carbons (Fsp3) is 0.167. The van der Waals surface area contributed by atoms with Crippen LogP contribution in [0.2, 0.25) is 5.02 Å². The van der Waals surface area contributed by atoms with E-state index in [1.54, 1.807) is 42.6 Å². The van der Waals surface area contributed by atoms with Gasteiger partial charge in [0.1, 0.15) is 11.4 Å². The molecule has 1 aliphatic rings. The number of hydrogen-bond donors (Lipinski definition) is 2. The van der Waals surface area contributed by atoms with E-state index in [0.29, 0.717) is 45.7 Å². The molecule has 0 aliphatic carbocycles. The van der Waals surface area contributed by atoms with Gasteiger partial charge in [-0.2, -0.15) is 0 Å². The predicted molar refractivity (Wildman–Crippen MR) is 103 cm³/mol. The van der Waals surface area contributed by atoms with Gasteiger partial charge in [-0.3, -0.25) is 14.3 Å². The van der Waals surface area contributed by atoms with Crippen LogP contribution in [0.5, 0.6) is 5.88 Å². The number of imidazole rings is 1. The van der Waals surface area contributed by atoms with E-state index in [9.17, 15) is 9.90 Å². The van der Waals surface area contributed by atoms with Gasteiger partial charge in [0.2, 0.25) is 5.88 Å². The zero-order valence-corrected chi connectivity index (χ0v) is 15.6. The van der Waals surface area contributed by atoms with Gasteiger partial charge in [0.25, 0.3) is 5.91 Å². The molecule has 7 nitrogen and oxygen atoms in total. The third-order valence-corrected chi connectivity index (χ3v) is 4.97. The number of nitrogens with one attached hydrogen (secondary N) is 1. The number of pyridine rings is 1. The highest BCUT2D eigenvalue weighted by atomic mass is 35.5. The number of benzene rings is 1. The van der Waals surface area contributed by atoms with Gasteiger partial charge in [0.05, 0.1) is 23.9 Å². The molecule has 0 atom stereocenters. The van der Waals surface area contributed by atoms with Crippen molar-refractivity contribution in [2.24, 2.45) is 0 Å². The topological polar surface area (TPSA) is 81.3 Å². The van der Waals surface area contributed by atoms with Crippen LogP contribution in [0.1, 0.15) is 16.2 Å². The fourth-order valence-electron chi connectivity index (χ4n) is 2.95. The van der Waals surface area contributed by atoms with Crippen molar-refractivity contribution in [3.8, 4) is 11.6 Å². The molecule has 9 heteroatoms. The van der Waals surface area contributed by atoms with Crippen LogP contribution in [-0.2, 0) is 17.9 Å². The third-order valence-electron chi connectivity index (χ3n) is 4.26. The number of anilines is 1. The Labute approximate surface area is 164 Å². The minimum absolute atomic E-state index is 0.00636. The van der Waals surface area contributed by atoms with Crippen LogP contribution in [0.3, 0.4) is 0 Å². The number of halogens is 1. The molecular weight excluding hydrogens is 388 g/mol. The minimum atomic E-state index is -0.338. The Hall–Kier alpha value is -2.68. The number of fused-ring (bicyclic) bond motifs is 1. The molecule has 138 valence electrons. The minimum Gasteiger partial charge on any atom is -0.493 e. The smallest absolute Gasteiger partial charge is 0.274 e. The molecule has 0 unspecified atom stereocenters. The molecule has 0 saturated heterocycles. The predicted octanol–water partition coefficient (Wildman–Crippen LogP) is 3.54. The standard InChI is InChI=1S/C18H15ClN4O3S/c19-12-9-11(21-16(24)13-3-1-2-6-20-13)4-5-14(12)23-17(25)15-10-26-8-7-22(15)18(23)27/h1-6,9,25H,7-8,10H2,(H,21,24). The summed E-state index contributed by atoms with van der Waals surface area (Å²) >= 11 is 11.9. The molecule has 1 aromatic carbocycles. The first-order valence-corrected chi connectivity index (χ1v) is 8.98. The number of hydrogen-bond acceptors (Lipinski definition) is 5. The number of aromatic nitrogens is 3. The lowest BCUT2D eigenvalue weighted by Gasteiger charge is -2.14. The van der Waals surface area contributed by atoms with Gasteiger partial charge in [-0.15, -0.1) is 0 Å². The summed E-state index contributed by atoms with van der Waals surface area (Å²) in [5.74, 6) is -0.331. The summed E-state index contributed by atoms with van der Waals surface area (Å²) in [6.07, 6.45) is 1.55. The Balaban J connectivity index is 1.66. The van der Waals surface area contributed by atoms with Gasteiger partial charge in [0.15, 0.2) is 4.77 Å². The lowest BCUT2D eigenvalue weighted by molar-refractivity contribution is 0.0825. The molecule has 0 radical (unpaired) electrons. The van der Waals surface area contributed by atoms with Crippen LogP contribution in [0.15, 0.2) is 42.6 Å². The van der Waals surface area contributed by atoms with Gasteiger partial charge in [-0.1, -0.05) is 17.7 Å². The maximum atomic E-state index is 12.2. The van der Waals surface area contributed by atoms with Crippen molar-refractivity contribution in [3.63, 3.8) is 0 Å². The average Bonchev–Trinajstić information content (AvgIpc) is 2.94. The van der Waals surface area contributed by atoms with Crippen LogP contribution >= 0.6 is 23.8 Å². The second kappa shape index (κ2) is 7.15. The number of aromatic hydroxyl groups is 1. The molecular formula is C18H15ClN4O3S. The van der Waals surface area contributed by atoms with Crippen molar-refractivity contribution < 1.29 is 14.6 Å². The lowest BCUT2D eigenvalue weighted by atomic mass is 10.2. The van der Waals surface area contributed by atoms with Crippen molar-refractivity contribution in [3.05, 3.63) is 63.8 Å². The van der Waals surface area contributed by atoms with Gasteiger partial charge in [0, 0.05) is 18.4 Å². The van der Waals surface area contributed by atoms with Crippen LogP contribution < -0.4 is 5.32 Å². The van der Waals surface area contributed by atoms with Crippen molar-refractivity contribution in [2.75, 3.05) is 11.9 Å². The van der Waals surface area contributed by atoms with Gasteiger partial charge < -0.3 is 19.7 Å². The van der Waals surface area contributed by atoms with Crippen LogP contribution in [-0.4, -0.2) is 31.7 Å². The second-order valence-electron chi connectivity index (χ2n) is 5.93. The average molecular weight is 403 g/mol. The van der Waals surface area contributed by atoms with Crippen molar-refractivity contribution >= 4 is 35.4 Å². The van der Waals surface area contributed by atoms with Crippen molar-refractivity contribution in [1.82, 2.24) is 14.1 Å². The van der Waals surface area contributed by atoms with E-state index in [-0.39, 0.29) is 18.4 Å². The molecule has 0 fully saturated rings. The van der Waals surface area contributed by atoms with E-state index in [1.807, 2.05) is 4.57 Å². The zero-order chi connectivity index (χ0) is 19.0. The molecule has 3 aromatic rings.